The highest BCUT2D eigenvalue weighted by Crippen LogP contribution is 2.21. The molecule has 132 valence electrons. The van der Waals surface area contributed by atoms with Gasteiger partial charge in [0.2, 0.25) is 0 Å². The fourth-order valence-electron chi connectivity index (χ4n) is 2.18. The second-order valence-electron chi connectivity index (χ2n) is 4.81. The molecule has 0 aromatic heterocycles. The van der Waals surface area contributed by atoms with E-state index in [4.69, 9.17) is 15.9 Å². The Bertz CT molecular complexity index is 573. The van der Waals surface area contributed by atoms with Crippen LogP contribution in [0.5, 0.6) is 0 Å². The number of hydrogen-bond donors (Lipinski definition) is 2. The average molecular weight is 339 g/mol. The van der Waals surface area contributed by atoms with Crippen molar-refractivity contribution >= 4 is 18.8 Å². The lowest BCUT2D eigenvalue weighted by Gasteiger charge is -2.29. The molecule has 1 aliphatic heterocycles. The number of morpholine rings is 1. The van der Waals surface area contributed by atoms with Crippen LogP contribution in [0.25, 0.3) is 0 Å². The molecule has 0 amide bonds. The van der Waals surface area contributed by atoms with E-state index < -0.39 is 6.43 Å². The lowest BCUT2D eigenvalue weighted by molar-refractivity contribution is 0.0532. The zero-order chi connectivity index (χ0) is 17.9. The second kappa shape index (κ2) is 10.4. The molecule has 1 aliphatic rings. The topological polar surface area (TPSA) is 87.1 Å². The van der Waals surface area contributed by atoms with Crippen LogP contribution >= 0.6 is 0 Å². The van der Waals surface area contributed by atoms with E-state index in [1.54, 1.807) is 19.2 Å². The van der Waals surface area contributed by atoms with E-state index in [9.17, 15) is 8.78 Å². The molecule has 0 aromatic rings. The fraction of sp³-hybridized carbons (Fsp3) is 0.438. The van der Waals surface area contributed by atoms with Crippen LogP contribution < -0.4 is 5.73 Å². The van der Waals surface area contributed by atoms with Crippen molar-refractivity contribution in [1.82, 2.24) is 4.90 Å². The Kier molecular flexibility index (Phi) is 8.56. The number of hydrogen-bond acceptors (Lipinski definition) is 5. The van der Waals surface area contributed by atoms with Crippen LogP contribution in [0.2, 0.25) is 0 Å². The normalized spacial score (nSPS) is 18.6. The quantitative estimate of drug-likeness (QED) is 0.424. The Balaban J connectivity index is 3.32. The molecule has 8 heteroatoms. The van der Waals surface area contributed by atoms with Crippen molar-refractivity contribution in [3.05, 3.63) is 34.8 Å². The van der Waals surface area contributed by atoms with Crippen LogP contribution in [0.1, 0.15) is 13.8 Å². The summed E-state index contributed by atoms with van der Waals surface area (Å²) < 4.78 is 31.7. The number of halogens is 2. The van der Waals surface area contributed by atoms with Crippen LogP contribution in [0.3, 0.4) is 0 Å². The zero-order valence-corrected chi connectivity index (χ0v) is 13.9. The Morgan fingerprint density at radius 2 is 1.96 bits per heavy atom. The molecule has 1 rings (SSSR count). The SMILES string of the molecule is CC=N\C(=C/C(N)=C(C=NC=N)\C(=C/C)C(F)F)N1CCOCC1. The monoisotopic (exact) mass is 339 g/mol. The molecule has 1 heterocycles. The van der Waals surface area contributed by atoms with Gasteiger partial charge in [-0.05, 0) is 13.8 Å². The van der Waals surface area contributed by atoms with E-state index in [-0.39, 0.29) is 16.8 Å². The molecule has 3 N–H and O–H groups in total. The summed E-state index contributed by atoms with van der Waals surface area (Å²) in [6.45, 7) is 5.70. The highest BCUT2D eigenvalue weighted by molar-refractivity contribution is 5.90. The molecule has 1 saturated heterocycles. The van der Waals surface area contributed by atoms with Crippen LogP contribution in [-0.2, 0) is 4.74 Å². The van der Waals surface area contributed by atoms with Gasteiger partial charge in [0.25, 0.3) is 6.43 Å². The maximum atomic E-state index is 13.2. The minimum absolute atomic E-state index is 0.0769. The molecule has 0 spiro atoms. The van der Waals surface area contributed by atoms with Gasteiger partial charge in [-0.3, -0.25) is 5.41 Å². The van der Waals surface area contributed by atoms with Crippen LogP contribution in [0.4, 0.5) is 8.78 Å². The van der Waals surface area contributed by atoms with Crippen LogP contribution in [0, 0.1) is 5.41 Å². The van der Waals surface area contributed by atoms with E-state index in [1.165, 1.54) is 13.0 Å². The van der Waals surface area contributed by atoms with E-state index in [2.05, 4.69) is 9.98 Å². The molecule has 0 radical (unpaired) electrons. The predicted octanol–water partition coefficient (Wildman–Crippen LogP) is 2.35. The van der Waals surface area contributed by atoms with E-state index in [1.807, 2.05) is 4.90 Å². The number of nitrogens with two attached hydrogens (primary N) is 1. The summed E-state index contributed by atoms with van der Waals surface area (Å²) >= 11 is 0. The predicted molar refractivity (Wildman–Crippen MR) is 92.9 cm³/mol. The maximum Gasteiger partial charge on any atom is 0.264 e. The molecular weight excluding hydrogens is 316 g/mol. The Hall–Kier alpha value is -2.35. The molecule has 0 aromatic carbocycles. The van der Waals surface area contributed by atoms with Crippen molar-refractivity contribution in [2.75, 3.05) is 26.3 Å². The van der Waals surface area contributed by atoms with Crippen molar-refractivity contribution in [3.63, 3.8) is 0 Å². The zero-order valence-electron chi connectivity index (χ0n) is 13.9. The summed E-state index contributed by atoms with van der Waals surface area (Å²) in [6, 6.07) is 0. The van der Waals surface area contributed by atoms with Crippen molar-refractivity contribution in [3.8, 4) is 0 Å². The van der Waals surface area contributed by atoms with Gasteiger partial charge in [0.05, 0.1) is 13.2 Å². The molecule has 6 nitrogen and oxygen atoms in total. The van der Waals surface area contributed by atoms with Gasteiger partial charge >= 0.3 is 0 Å². The van der Waals surface area contributed by atoms with E-state index >= 15 is 0 Å². The van der Waals surface area contributed by atoms with Gasteiger partial charge in [0, 0.05) is 48.4 Å². The summed E-state index contributed by atoms with van der Waals surface area (Å²) in [6.07, 6.45) is 3.67. The first-order valence-corrected chi connectivity index (χ1v) is 7.54. The number of nitrogens with one attached hydrogen (secondary N) is 1. The molecule has 1 fully saturated rings. The number of alkyl halides is 2. The first-order chi connectivity index (χ1) is 11.5. The second-order valence-corrected chi connectivity index (χ2v) is 4.81. The lowest BCUT2D eigenvalue weighted by Crippen LogP contribution is -2.35. The van der Waals surface area contributed by atoms with Crippen molar-refractivity contribution in [2.24, 2.45) is 15.7 Å². The summed E-state index contributed by atoms with van der Waals surface area (Å²) in [5, 5.41) is 6.96. The van der Waals surface area contributed by atoms with Gasteiger partial charge < -0.3 is 15.4 Å². The highest BCUT2D eigenvalue weighted by atomic mass is 19.3. The number of aliphatic imine (C=N–C) groups is 2. The van der Waals surface area contributed by atoms with Crippen LogP contribution in [-0.4, -0.2) is 56.4 Å². The molecule has 0 aliphatic carbocycles. The summed E-state index contributed by atoms with van der Waals surface area (Å²) in [5.41, 5.74) is 5.99. The number of nitrogens with zero attached hydrogens (tertiary/aromatic N) is 3. The molecule has 0 atom stereocenters. The minimum atomic E-state index is -2.70. The smallest absolute Gasteiger partial charge is 0.264 e. The third kappa shape index (κ3) is 5.69. The minimum Gasteiger partial charge on any atom is -0.398 e. The molecule has 24 heavy (non-hydrogen) atoms. The number of ether oxygens (including phenoxy) is 1. The Morgan fingerprint density at radius 3 is 2.46 bits per heavy atom. The fourth-order valence-corrected chi connectivity index (χ4v) is 2.18. The Labute approximate surface area is 140 Å². The first kappa shape index (κ1) is 19.7. The summed E-state index contributed by atoms with van der Waals surface area (Å²) in [7, 11) is 0. The maximum absolute atomic E-state index is 13.2. The molecule has 0 unspecified atom stereocenters. The average Bonchev–Trinajstić information content (AvgIpc) is 2.58. The number of allylic oxidation sites excluding steroid dienone is 4. The van der Waals surface area contributed by atoms with Gasteiger partial charge in [-0.2, -0.15) is 0 Å². The van der Waals surface area contributed by atoms with Gasteiger partial charge in [-0.15, -0.1) is 0 Å². The number of rotatable bonds is 7. The summed E-state index contributed by atoms with van der Waals surface area (Å²) in [5.74, 6) is 0.573. The summed E-state index contributed by atoms with van der Waals surface area (Å²) in [4.78, 5) is 9.86. The first-order valence-electron chi connectivity index (χ1n) is 7.54. The third-order valence-corrected chi connectivity index (χ3v) is 3.33. The van der Waals surface area contributed by atoms with E-state index in [0.29, 0.717) is 32.1 Å². The lowest BCUT2D eigenvalue weighted by atomic mass is 10.0. The largest absolute Gasteiger partial charge is 0.398 e. The van der Waals surface area contributed by atoms with Gasteiger partial charge in [-0.1, -0.05) is 6.08 Å². The van der Waals surface area contributed by atoms with Crippen molar-refractivity contribution < 1.29 is 13.5 Å². The van der Waals surface area contributed by atoms with Gasteiger partial charge in [-0.25, -0.2) is 18.8 Å². The third-order valence-electron chi connectivity index (χ3n) is 3.33. The molecule has 0 bridgehead atoms. The van der Waals surface area contributed by atoms with Crippen molar-refractivity contribution in [2.45, 2.75) is 20.3 Å². The van der Waals surface area contributed by atoms with E-state index in [0.717, 1.165) is 12.6 Å². The van der Waals surface area contributed by atoms with Gasteiger partial charge in [0.15, 0.2) is 0 Å². The van der Waals surface area contributed by atoms with Crippen LogP contribution in [0.15, 0.2) is 44.8 Å². The van der Waals surface area contributed by atoms with Gasteiger partial charge in [0.1, 0.15) is 12.2 Å². The molecular formula is C16H23F2N5O. The molecule has 0 saturated carbocycles. The highest BCUT2D eigenvalue weighted by Gasteiger charge is 2.18. The Morgan fingerprint density at radius 1 is 1.29 bits per heavy atom. The standard InChI is InChI=1S/C16H23F2N5O/c1-3-12(16(17)18)13(10-21-11-19)14(20)9-15(22-4-2)23-5-7-24-8-6-23/h3-4,9-11,16,19H,5-8,20H2,1-2H3/b12-3+,14-13+,15-9+,19-11?,21-10?,22-4?. The van der Waals surface area contributed by atoms with Crippen molar-refractivity contribution in [1.29, 1.82) is 5.41 Å².